The molecule has 0 spiro atoms. The summed E-state index contributed by atoms with van der Waals surface area (Å²) in [5.41, 5.74) is 2.11. The van der Waals surface area contributed by atoms with Gasteiger partial charge in [0.1, 0.15) is 5.75 Å². The van der Waals surface area contributed by atoms with E-state index in [4.69, 9.17) is 4.74 Å². The van der Waals surface area contributed by atoms with Gasteiger partial charge in [-0.25, -0.2) is 0 Å². The van der Waals surface area contributed by atoms with E-state index in [0.717, 1.165) is 24.3 Å². The Morgan fingerprint density at radius 1 is 1.09 bits per heavy atom. The molecule has 0 aliphatic rings. The molecule has 0 saturated heterocycles. The second-order valence-electron chi connectivity index (χ2n) is 5.32. The van der Waals surface area contributed by atoms with E-state index in [9.17, 15) is 4.79 Å². The Kier molecular flexibility index (Phi) is 6.98. The van der Waals surface area contributed by atoms with Crippen LogP contribution in [0.2, 0.25) is 0 Å². The lowest BCUT2D eigenvalue weighted by Crippen LogP contribution is -2.31. The van der Waals surface area contributed by atoms with Gasteiger partial charge >= 0.3 is 0 Å². The topological polar surface area (TPSA) is 50.4 Å². The van der Waals surface area contributed by atoms with E-state index in [0.29, 0.717) is 13.2 Å². The Morgan fingerprint density at radius 3 is 2.70 bits per heavy atom. The number of amides is 1. The van der Waals surface area contributed by atoms with Gasteiger partial charge in [0, 0.05) is 18.3 Å². The standard InChI is InChI=1S/C19H24N2O2/c1-2-13-23-18-10-6-9-17(14-18)21-15-19(22)20-12-11-16-7-4-3-5-8-16/h3-10,14,21H,2,11-13,15H2,1H3,(H,20,22). The number of carbonyl (C=O) groups excluding carboxylic acids is 1. The van der Waals surface area contributed by atoms with Crippen molar-refractivity contribution in [3.63, 3.8) is 0 Å². The monoisotopic (exact) mass is 312 g/mol. The molecule has 2 aromatic carbocycles. The predicted molar refractivity (Wildman–Crippen MR) is 93.9 cm³/mol. The molecule has 4 heteroatoms. The fourth-order valence-electron chi connectivity index (χ4n) is 2.15. The van der Waals surface area contributed by atoms with Crippen molar-refractivity contribution in [2.75, 3.05) is 25.0 Å². The third-order valence-electron chi connectivity index (χ3n) is 3.34. The molecule has 2 rings (SSSR count). The lowest BCUT2D eigenvalue weighted by atomic mass is 10.1. The van der Waals surface area contributed by atoms with Crippen LogP contribution < -0.4 is 15.4 Å². The lowest BCUT2D eigenvalue weighted by Gasteiger charge is -2.10. The van der Waals surface area contributed by atoms with Gasteiger partial charge in [-0.3, -0.25) is 4.79 Å². The van der Waals surface area contributed by atoms with Crippen LogP contribution in [-0.4, -0.2) is 25.6 Å². The highest BCUT2D eigenvalue weighted by Gasteiger charge is 2.02. The highest BCUT2D eigenvalue weighted by molar-refractivity contribution is 5.80. The zero-order valence-corrected chi connectivity index (χ0v) is 13.5. The first-order chi connectivity index (χ1) is 11.3. The molecule has 1 amide bonds. The van der Waals surface area contributed by atoms with Gasteiger partial charge in [0.05, 0.1) is 13.2 Å². The number of hydrogen-bond acceptors (Lipinski definition) is 3. The van der Waals surface area contributed by atoms with Crippen LogP contribution in [0.3, 0.4) is 0 Å². The van der Waals surface area contributed by atoms with Gasteiger partial charge in [0.15, 0.2) is 0 Å². The van der Waals surface area contributed by atoms with E-state index in [-0.39, 0.29) is 12.5 Å². The minimum atomic E-state index is -0.0131. The molecule has 0 radical (unpaired) electrons. The Labute approximate surface area is 137 Å². The van der Waals surface area contributed by atoms with Gasteiger partial charge in [-0.05, 0) is 30.5 Å². The zero-order chi connectivity index (χ0) is 16.3. The van der Waals surface area contributed by atoms with Crippen LogP contribution in [-0.2, 0) is 11.2 Å². The molecular weight excluding hydrogens is 288 g/mol. The lowest BCUT2D eigenvalue weighted by molar-refractivity contribution is -0.119. The van der Waals surface area contributed by atoms with Crippen LogP contribution in [0, 0.1) is 0 Å². The van der Waals surface area contributed by atoms with E-state index in [1.807, 2.05) is 42.5 Å². The third-order valence-corrected chi connectivity index (χ3v) is 3.34. The van der Waals surface area contributed by atoms with E-state index < -0.39 is 0 Å². The summed E-state index contributed by atoms with van der Waals surface area (Å²) in [5, 5.41) is 6.04. The quantitative estimate of drug-likeness (QED) is 0.747. The summed E-state index contributed by atoms with van der Waals surface area (Å²) in [6, 6.07) is 17.8. The molecule has 0 aliphatic carbocycles. The molecule has 0 bridgehead atoms. The van der Waals surface area contributed by atoms with Crippen molar-refractivity contribution < 1.29 is 9.53 Å². The molecule has 4 nitrogen and oxygen atoms in total. The van der Waals surface area contributed by atoms with Crippen molar-refractivity contribution in [1.29, 1.82) is 0 Å². The number of anilines is 1. The van der Waals surface area contributed by atoms with Crippen molar-refractivity contribution in [3.8, 4) is 5.75 Å². The van der Waals surface area contributed by atoms with E-state index in [1.54, 1.807) is 0 Å². The summed E-state index contributed by atoms with van der Waals surface area (Å²) in [7, 11) is 0. The van der Waals surface area contributed by atoms with Crippen molar-refractivity contribution in [1.82, 2.24) is 5.32 Å². The third kappa shape index (κ3) is 6.43. The van der Waals surface area contributed by atoms with Crippen LogP contribution in [0.1, 0.15) is 18.9 Å². The Bertz CT molecular complexity index is 599. The maximum absolute atomic E-state index is 11.9. The number of ether oxygens (including phenoxy) is 1. The van der Waals surface area contributed by atoms with Crippen LogP contribution in [0.15, 0.2) is 54.6 Å². The van der Waals surface area contributed by atoms with Crippen molar-refractivity contribution >= 4 is 11.6 Å². The van der Waals surface area contributed by atoms with E-state index in [2.05, 4.69) is 29.7 Å². The highest BCUT2D eigenvalue weighted by Crippen LogP contribution is 2.17. The molecule has 2 aromatic rings. The van der Waals surface area contributed by atoms with Gasteiger partial charge < -0.3 is 15.4 Å². The summed E-state index contributed by atoms with van der Waals surface area (Å²) in [6.07, 6.45) is 1.81. The van der Waals surface area contributed by atoms with E-state index in [1.165, 1.54) is 5.56 Å². The van der Waals surface area contributed by atoms with Crippen molar-refractivity contribution in [2.24, 2.45) is 0 Å². The molecular formula is C19H24N2O2. The molecule has 122 valence electrons. The largest absolute Gasteiger partial charge is 0.494 e. The average Bonchev–Trinajstić information content (AvgIpc) is 2.59. The first-order valence-corrected chi connectivity index (χ1v) is 8.05. The first-order valence-electron chi connectivity index (χ1n) is 8.05. The van der Waals surface area contributed by atoms with Crippen molar-refractivity contribution in [2.45, 2.75) is 19.8 Å². The summed E-state index contributed by atoms with van der Waals surface area (Å²) >= 11 is 0. The van der Waals surface area contributed by atoms with Gasteiger partial charge in [0.25, 0.3) is 0 Å². The molecule has 23 heavy (non-hydrogen) atoms. The Balaban J connectivity index is 1.69. The second kappa shape index (κ2) is 9.51. The summed E-state index contributed by atoms with van der Waals surface area (Å²) in [5.74, 6) is 0.808. The van der Waals surface area contributed by atoms with Gasteiger partial charge in [-0.1, -0.05) is 43.3 Å². The van der Waals surface area contributed by atoms with Crippen LogP contribution in [0.5, 0.6) is 5.75 Å². The zero-order valence-electron chi connectivity index (χ0n) is 13.5. The molecule has 0 saturated carbocycles. The fourth-order valence-corrected chi connectivity index (χ4v) is 2.15. The SMILES string of the molecule is CCCOc1cccc(NCC(=O)NCCc2ccccc2)c1. The molecule has 0 fully saturated rings. The van der Waals surface area contributed by atoms with Crippen LogP contribution >= 0.6 is 0 Å². The highest BCUT2D eigenvalue weighted by atomic mass is 16.5. The summed E-state index contributed by atoms with van der Waals surface area (Å²) in [6.45, 7) is 3.67. The number of rotatable bonds is 9. The second-order valence-corrected chi connectivity index (χ2v) is 5.32. The molecule has 0 atom stereocenters. The molecule has 0 unspecified atom stereocenters. The number of benzene rings is 2. The van der Waals surface area contributed by atoms with Gasteiger partial charge in [0.2, 0.25) is 5.91 Å². The predicted octanol–water partition coefficient (Wildman–Crippen LogP) is 3.25. The number of hydrogen-bond donors (Lipinski definition) is 2. The molecule has 2 N–H and O–H groups in total. The average molecular weight is 312 g/mol. The van der Waals surface area contributed by atoms with E-state index >= 15 is 0 Å². The van der Waals surface area contributed by atoms with Gasteiger partial charge in [-0.2, -0.15) is 0 Å². The maximum atomic E-state index is 11.9. The van der Waals surface area contributed by atoms with Crippen molar-refractivity contribution in [3.05, 3.63) is 60.2 Å². The maximum Gasteiger partial charge on any atom is 0.239 e. The molecule has 0 aliphatic heterocycles. The first kappa shape index (κ1) is 16.9. The number of carbonyl (C=O) groups is 1. The molecule has 0 heterocycles. The minimum Gasteiger partial charge on any atom is -0.494 e. The molecule has 0 aromatic heterocycles. The number of nitrogens with one attached hydrogen (secondary N) is 2. The smallest absolute Gasteiger partial charge is 0.239 e. The Morgan fingerprint density at radius 2 is 1.91 bits per heavy atom. The van der Waals surface area contributed by atoms with Crippen LogP contribution in [0.25, 0.3) is 0 Å². The fraction of sp³-hybridized carbons (Fsp3) is 0.316. The minimum absolute atomic E-state index is 0.0131. The van der Waals surface area contributed by atoms with Crippen LogP contribution in [0.4, 0.5) is 5.69 Å². The Hall–Kier alpha value is -2.49. The normalized spacial score (nSPS) is 10.1. The summed E-state index contributed by atoms with van der Waals surface area (Å²) < 4.78 is 5.58. The van der Waals surface area contributed by atoms with Gasteiger partial charge in [-0.15, -0.1) is 0 Å². The summed E-state index contributed by atoms with van der Waals surface area (Å²) in [4.78, 5) is 11.9.